The molecule has 1 aromatic carbocycles. The van der Waals surface area contributed by atoms with Gasteiger partial charge in [-0.1, -0.05) is 12.1 Å². The zero-order chi connectivity index (χ0) is 17.6. The molecule has 1 saturated heterocycles. The molecule has 0 spiro atoms. The quantitative estimate of drug-likeness (QED) is 0.782. The lowest BCUT2D eigenvalue weighted by molar-refractivity contribution is 0.0726. The molecule has 1 atom stereocenters. The summed E-state index contributed by atoms with van der Waals surface area (Å²) in [5.41, 5.74) is 2.57. The molecule has 6 nitrogen and oxygen atoms in total. The second kappa shape index (κ2) is 5.88. The van der Waals surface area contributed by atoms with Crippen LogP contribution in [0, 0.1) is 6.92 Å². The Morgan fingerprint density at radius 2 is 2.04 bits per heavy atom. The second-order valence-electron chi connectivity index (χ2n) is 6.56. The number of hydrogen-bond donors (Lipinski definition) is 1. The maximum Gasteiger partial charge on any atom is 0.260 e. The summed E-state index contributed by atoms with van der Waals surface area (Å²) >= 11 is 0. The number of pyridine rings is 1. The van der Waals surface area contributed by atoms with Crippen molar-refractivity contribution in [3.8, 4) is 0 Å². The van der Waals surface area contributed by atoms with E-state index in [1.807, 2.05) is 35.9 Å². The molecule has 0 unspecified atom stereocenters. The summed E-state index contributed by atoms with van der Waals surface area (Å²) in [7, 11) is 1.98. The van der Waals surface area contributed by atoms with Gasteiger partial charge in [0.1, 0.15) is 11.4 Å². The Balaban J connectivity index is 1.73. The normalized spacial score (nSPS) is 17.4. The van der Waals surface area contributed by atoms with Crippen LogP contribution < -0.4 is 5.56 Å². The van der Waals surface area contributed by atoms with E-state index in [4.69, 9.17) is 4.98 Å². The Bertz CT molecular complexity index is 1020. The van der Waals surface area contributed by atoms with Crippen molar-refractivity contribution in [2.75, 3.05) is 6.54 Å². The van der Waals surface area contributed by atoms with Gasteiger partial charge in [0, 0.05) is 19.3 Å². The third-order valence-electron chi connectivity index (χ3n) is 4.92. The summed E-state index contributed by atoms with van der Waals surface area (Å²) in [4.78, 5) is 34.3. The highest BCUT2D eigenvalue weighted by atomic mass is 16.2. The highest BCUT2D eigenvalue weighted by Crippen LogP contribution is 2.33. The molecule has 128 valence electrons. The lowest BCUT2D eigenvalue weighted by Gasteiger charge is -2.24. The van der Waals surface area contributed by atoms with Crippen LogP contribution in [-0.4, -0.2) is 31.9 Å². The lowest BCUT2D eigenvalue weighted by Crippen LogP contribution is -2.35. The molecule has 25 heavy (non-hydrogen) atoms. The van der Waals surface area contributed by atoms with Gasteiger partial charge in [0.05, 0.1) is 17.1 Å². The van der Waals surface area contributed by atoms with Gasteiger partial charge >= 0.3 is 0 Å². The number of aryl methyl sites for hydroxylation is 2. The van der Waals surface area contributed by atoms with Crippen molar-refractivity contribution in [2.24, 2.45) is 7.05 Å². The van der Waals surface area contributed by atoms with Crippen LogP contribution in [0.2, 0.25) is 0 Å². The topological polar surface area (TPSA) is 71.0 Å². The molecule has 3 heterocycles. The molecule has 2 aromatic heterocycles. The number of nitrogens with one attached hydrogen (secondary N) is 1. The summed E-state index contributed by atoms with van der Waals surface area (Å²) < 4.78 is 2.05. The molecule has 3 aromatic rings. The first-order valence-corrected chi connectivity index (χ1v) is 8.48. The van der Waals surface area contributed by atoms with Crippen molar-refractivity contribution < 1.29 is 4.79 Å². The highest BCUT2D eigenvalue weighted by Gasteiger charge is 2.34. The maximum atomic E-state index is 13.0. The zero-order valence-electron chi connectivity index (χ0n) is 14.3. The van der Waals surface area contributed by atoms with Gasteiger partial charge in [-0.25, -0.2) is 4.98 Å². The largest absolute Gasteiger partial charge is 0.329 e. The van der Waals surface area contributed by atoms with E-state index in [0.717, 1.165) is 35.4 Å². The number of carbonyl (C=O) groups is 1. The van der Waals surface area contributed by atoms with Crippen molar-refractivity contribution in [3.05, 3.63) is 63.8 Å². The average Bonchev–Trinajstić information content (AvgIpc) is 3.19. The average molecular weight is 336 g/mol. The van der Waals surface area contributed by atoms with Crippen LogP contribution in [0.1, 0.15) is 40.8 Å². The number of para-hydroxylation sites is 2. The number of rotatable bonds is 2. The van der Waals surface area contributed by atoms with E-state index < -0.39 is 0 Å². The van der Waals surface area contributed by atoms with Crippen LogP contribution in [-0.2, 0) is 7.05 Å². The number of amides is 1. The van der Waals surface area contributed by atoms with Gasteiger partial charge in [0.25, 0.3) is 11.5 Å². The van der Waals surface area contributed by atoms with Gasteiger partial charge in [-0.2, -0.15) is 0 Å². The van der Waals surface area contributed by atoms with Gasteiger partial charge in [0.15, 0.2) is 0 Å². The molecule has 0 radical (unpaired) electrons. The maximum absolute atomic E-state index is 13.0. The first-order valence-electron chi connectivity index (χ1n) is 8.48. The smallest absolute Gasteiger partial charge is 0.260 e. The predicted octanol–water partition coefficient (Wildman–Crippen LogP) is 2.55. The summed E-state index contributed by atoms with van der Waals surface area (Å²) in [6.07, 6.45) is 1.76. The lowest BCUT2D eigenvalue weighted by atomic mass is 10.1. The van der Waals surface area contributed by atoms with E-state index in [2.05, 4.69) is 4.98 Å². The summed E-state index contributed by atoms with van der Waals surface area (Å²) in [6, 6.07) is 11.2. The third-order valence-corrected chi connectivity index (χ3v) is 4.92. The van der Waals surface area contributed by atoms with Crippen LogP contribution in [0.5, 0.6) is 0 Å². The fourth-order valence-corrected chi connectivity index (χ4v) is 3.64. The number of carbonyl (C=O) groups excluding carboxylic acids is 1. The molecular weight excluding hydrogens is 316 g/mol. The number of fused-ring (bicyclic) bond motifs is 1. The van der Waals surface area contributed by atoms with Crippen molar-refractivity contribution >= 4 is 16.9 Å². The molecule has 6 heteroatoms. The minimum Gasteiger partial charge on any atom is -0.329 e. The molecule has 4 rings (SSSR count). The molecule has 0 bridgehead atoms. The Morgan fingerprint density at radius 3 is 2.80 bits per heavy atom. The Labute approximate surface area is 145 Å². The summed E-state index contributed by atoms with van der Waals surface area (Å²) in [5, 5.41) is 0. The monoisotopic (exact) mass is 336 g/mol. The van der Waals surface area contributed by atoms with Crippen LogP contribution in [0.25, 0.3) is 11.0 Å². The van der Waals surface area contributed by atoms with E-state index in [1.165, 1.54) is 0 Å². The van der Waals surface area contributed by atoms with Crippen LogP contribution in [0.4, 0.5) is 0 Å². The zero-order valence-corrected chi connectivity index (χ0v) is 14.3. The first kappa shape index (κ1) is 15.6. The minimum atomic E-state index is -0.333. The molecule has 1 fully saturated rings. The van der Waals surface area contributed by atoms with Gasteiger partial charge in [-0.05, 0) is 44.0 Å². The number of imidazole rings is 1. The van der Waals surface area contributed by atoms with Gasteiger partial charge < -0.3 is 14.5 Å². The molecule has 1 aliphatic rings. The van der Waals surface area contributed by atoms with Crippen LogP contribution >= 0.6 is 0 Å². The molecule has 0 saturated carbocycles. The van der Waals surface area contributed by atoms with Crippen molar-refractivity contribution in [2.45, 2.75) is 25.8 Å². The molecule has 0 aliphatic carbocycles. The predicted molar refractivity (Wildman–Crippen MR) is 95.5 cm³/mol. The Morgan fingerprint density at radius 1 is 1.24 bits per heavy atom. The molecule has 1 aliphatic heterocycles. The van der Waals surface area contributed by atoms with Crippen molar-refractivity contribution in [3.63, 3.8) is 0 Å². The number of benzene rings is 1. The molecule has 1 amide bonds. The van der Waals surface area contributed by atoms with E-state index >= 15 is 0 Å². The Kier molecular flexibility index (Phi) is 3.67. The highest BCUT2D eigenvalue weighted by molar-refractivity contribution is 5.94. The second-order valence-corrected chi connectivity index (χ2v) is 6.56. The number of nitrogens with zero attached hydrogens (tertiary/aromatic N) is 3. The van der Waals surface area contributed by atoms with Gasteiger partial charge in [0.2, 0.25) is 0 Å². The number of H-pyrrole nitrogens is 1. The Hall–Kier alpha value is -2.89. The number of aromatic amines is 1. The van der Waals surface area contributed by atoms with E-state index in [0.29, 0.717) is 6.54 Å². The van der Waals surface area contributed by atoms with Crippen LogP contribution in [0.3, 0.4) is 0 Å². The van der Waals surface area contributed by atoms with Crippen LogP contribution in [0.15, 0.2) is 41.2 Å². The van der Waals surface area contributed by atoms with Crippen molar-refractivity contribution in [1.82, 2.24) is 19.4 Å². The van der Waals surface area contributed by atoms with E-state index in [9.17, 15) is 9.59 Å². The van der Waals surface area contributed by atoms with Gasteiger partial charge in [-0.15, -0.1) is 0 Å². The first-order chi connectivity index (χ1) is 12.1. The molecule has 1 N–H and O–H groups in total. The van der Waals surface area contributed by atoms with Crippen molar-refractivity contribution in [1.29, 1.82) is 0 Å². The van der Waals surface area contributed by atoms with Gasteiger partial charge in [-0.3, -0.25) is 9.59 Å². The SMILES string of the molecule is Cc1ccc(C(=O)N2CCC[C@@H]2c2nc3ccccc3n2C)c(=O)[nH]1. The molecular formula is C19H20N4O2. The minimum absolute atomic E-state index is 0.106. The summed E-state index contributed by atoms with van der Waals surface area (Å²) in [5.74, 6) is 0.645. The number of hydrogen-bond acceptors (Lipinski definition) is 3. The third kappa shape index (κ3) is 2.54. The number of aromatic nitrogens is 3. The fourth-order valence-electron chi connectivity index (χ4n) is 3.64. The number of likely N-dealkylation sites (tertiary alicyclic amines) is 1. The van der Waals surface area contributed by atoms with E-state index in [-0.39, 0.29) is 23.1 Å². The van der Waals surface area contributed by atoms with E-state index in [1.54, 1.807) is 24.0 Å². The summed E-state index contributed by atoms with van der Waals surface area (Å²) in [6.45, 7) is 2.44. The standard InChI is InChI=1S/C19H20N4O2/c1-12-9-10-13(18(24)20-12)19(25)23-11-5-8-16(23)17-21-14-6-3-4-7-15(14)22(17)2/h3-4,6-7,9-10,16H,5,8,11H2,1-2H3,(H,20,24)/t16-/m1/s1. The fraction of sp³-hybridized carbons (Fsp3) is 0.316.